The van der Waals surface area contributed by atoms with Crippen molar-refractivity contribution in [1.29, 1.82) is 0 Å². The van der Waals surface area contributed by atoms with Gasteiger partial charge < -0.3 is 20.8 Å². The van der Waals surface area contributed by atoms with Crippen LogP contribution in [0.25, 0.3) is 0 Å². The summed E-state index contributed by atoms with van der Waals surface area (Å²) >= 11 is 0. The van der Waals surface area contributed by atoms with Crippen LogP contribution < -0.4 is 11.1 Å². The molecule has 84 valence electrons. The zero-order valence-electron chi connectivity index (χ0n) is 9.04. The number of nitrogens with two attached hydrogens (primary N) is 1. The van der Waals surface area contributed by atoms with E-state index >= 15 is 0 Å². The molecular weight excluding hydrogens is 194 g/mol. The molecule has 0 radical (unpaired) electrons. The number of H-pyrrole nitrogens is 1. The Labute approximate surface area is 89.0 Å². The lowest BCUT2D eigenvalue weighted by molar-refractivity contribution is 0.0868. The average Bonchev–Trinajstić information content (AvgIpc) is 2.61. The van der Waals surface area contributed by atoms with Crippen LogP contribution in [0.5, 0.6) is 0 Å². The molecule has 0 saturated carbocycles. The Morgan fingerprint density at radius 1 is 1.73 bits per heavy atom. The molecule has 0 spiro atoms. The van der Waals surface area contributed by atoms with Gasteiger partial charge in [-0.1, -0.05) is 0 Å². The highest BCUT2D eigenvalue weighted by atomic mass is 16.5. The first kappa shape index (κ1) is 11.6. The minimum atomic E-state index is -0.168. The fraction of sp³-hybridized carbons (Fsp3) is 0.500. The minimum absolute atomic E-state index is 0.0121. The van der Waals surface area contributed by atoms with Crippen LogP contribution in [0.4, 0.5) is 5.69 Å². The summed E-state index contributed by atoms with van der Waals surface area (Å²) in [5.74, 6) is -0.168. The number of nitrogen functional groups attached to an aromatic ring is 1. The Balaban J connectivity index is 2.42. The van der Waals surface area contributed by atoms with Gasteiger partial charge in [-0.05, 0) is 19.9 Å². The number of anilines is 1. The van der Waals surface area contributed by atoms with Crippen molar-refractivity contribution in [1.82, 2.24) is 10.3 Å². The number of aromatic amines is 1. The van der Waals surface area contributed by atoms with Gasteiger partial charge in [-0.15, -0.1) is 0 Å². The lowest BCUT2D eigenvalue weighted by Gasteiger charge is -2.12. The average molecular weight is 211 g/mol. The number of hydrogen-bond acceptors (Lipinski definition) is 3. The van der Waals surface area contributed by atoms with Crippen LogP contribution in [0.3, 0.4) is 0 Å². The zero-order chi connectivity index (χ0) is 11.3. The van der Waals surface area contributed by atoms with Gasteiger partial charge in [-0.2, -0.15) is 0 Å². The van der Waals surface area contributed by atoms with Crippen LogP contribution in [0, 0.1) is 0 Å². The topological polar surface area (TPSA) is 80.1 Å². The monoisotopic (exact) mass is 211 g/mol. The van der Waals surface area contributed by atoms with Gasteiger partial charge >= 0.3 is 0 Å². The van der Waals surface area contributed by atoms with E-state index in [1.807, 2.05) is 13.8 Å². The van der Waals surface area contributed by atoms with Crippen molar-refractivity contribution in [3.63, 3.8) is 0 Å². The van der Waals surface area contributed by atoms with Crippen LogP contribution >= 0.6 is 0 Å². The van der Waals surface area contributed by atoms with E-state index < -0.39 is 0 Å². The fourth-order valence-electron chi connectivity index (χ4n) is 1.18. The summed E-state index contributed by atoms with van der Waals surface area (Å²) in [7, 11) is 0. The summed E-state index contributed by atoms with van der Waals surface area (Å²) in [5, 5.41) is 2.79. The van der Waals surface area contributed by atoms with Crippen molar-refractivity contribution in [3.8, 4) is 0 Å². The molecule has 1 aromatic heterocycles. The Morgan fingerprint density at radius 2 is 2.47 bits per heavy atom. The third-order valence-electron chi connectivity index (χ3n) is 1.90. The first-order valence-electron chi connectivity index (χ1n) is 4.96. The fourth-order valence-corrected chi connectivity index (χ4v) is 1.18. The van der Waals surface area contributed by atoms with Crippen molar-refractivity contribution in [3.05, 3.63) is 18.0 Å². The molecule has 0 aliphatic carbocycles. The standard InChI is InChI=1S/C10H17N3O2/c1-3-15-6-7(2)13-10(14)9-4-8(11)5-12-9/h4-5,7,12H,3,6,11H2,1-2H3,(H,13,14). The molecule has 0 aromatic carbocycles. The van der Waals surface area contributed by atoms with Crippen molar-refractivity contribution < 1.29 is 9.53 Å². The Hall–Kier alpha value is -1.49. The summed E-state index contributed by atoms with van der Waals surface area (Å²) in [5.41, 5.74) is 6.51. The van der Waals surface area contributed by atoms with Gasteiger partial charge in [-0.3, -0.25) is 4.79 Å². The molecule has 1 unspecified atom stereocenters. The van der Waals surface area contributed by atoms with E-state index in [0.29, 0.717) is 24.6 Å². The molecule has 15 heavy (non-hydrogen) atoms. The van der Waals surface area contributed by atoms with Crippen molar-refractivity contribution in [2.24, 2.45) is 0 Å². The molecule has 0 saturated heterocycles. The Morgan fingerprint density at radius 3 is 3.00 bits per heavy atom. The summed E-state index contributed by atoms with van der Waals surface area (Å²) in [6, 6.07) is 1.59. The maximum absolute atomic E-state index is 11.6. The van der Waals surface area contributed by atoms with Gasteiger partial charge in [0.25, 0.3) is 5.91 Å². The number of nitrogens with one attached hydrogen (secondary N) is 2. The van der Waals surface area contributed by atoms with Gasteiger partial charge in [0, 0.05) is 24.5 Å². The molecule has 0 fully saturated rings. The van der Waals surface area contributed by atoms with Gasteiger partial charge in [0.1, 0.15) is 5.69 Å². The van der Waals surface area contributed by atoms with E-state index in [4.69, 9.17) is 10.5 Å². The predicted molar refractivity (Wildman–Crippen MR) is 58.6 cm³/mol. The number of hydrogen-bond donors (Lipinski definition) is 3. The molecule has 5 heteroatoms. The Kier molecular flexibility index (Phi) is 4.17. The van der Waals surface area contributed by atoms with E-state index in [1.165, 1.54) is 0 Å². The van der Waals surface area contributed by atoms with Crippen LogP contribution in [0.1, 0.15) is 24.3 Å². The Bertz CT molecular complexity index is 322. The van der Waals surface area contributed by atoms with Crippen molar-refractivity contribution in [2.45, 2.75) is 19.9 Å². The number of carbonyl (C=O) groups is 1. The van der Waals surface area contributed by atoms with Gasteiger partial charge in [-0.25, -0.2) is 0 Å². The van der Waals surface area contributed by atoms with E-state index in [2.05, 4.69) is 10.3 Å². The van der Waals surface area contributed by atoms with E-state index in [9.17, 15) is 4.79 Å². The molecule has 1 aromatic rings. The molecule has 4 N–H and O–H groups in total. The largest absolute Gasteiger partial charge is 0.397 e. The number of carbonyl (C=O) groups excluding carboxylic acids is 1. The summed E-state index contributed by atoms with van der Waals surface area (Å²) in [6.07, 6.45) is 1.59. The zero-order valence-corrected chi connectivity index (χ0v) is 9.04. The number of aromatic nitrogens is 1. The summed E-state index contributed by atoms with van der Waals surface area (Å²) < 4.78 is 5.19. The van der Waals surface area contributed by atoms with Gasteiger partial charge in [0.2, 0.25) is 0 Å². The first-order chi connectivity index (χ1) is 7.13. The van der Waals surface area contributed by atoms with E-state index in [1.54, 1.807) is 12.3 Å². The smallest absolute Gasteiger partial charge is 0.268 e. The predicted octanol–water partition coefficient (Wildman–Crippen LogP) is 0.752. The highest BCUT2D eigenvalue weighted by Gasteiger charge is 2.10. The van der Waals surface area contributed by atoms with E-state index in [0.717, 1.165) is 0 Å². The molecule has 1 atom stereocenters. The maximum atomic E-state index is 11.6. The second-order valence-corrected chi connectivity index (χ2v) is 3.38. The van der Waals surface area contributed by atoms with Crippen molar-refractivity contribution in [2.75, 3.05) is 18.9 Å². The summed E-state index contributed by atoms with van der Waals surface area (Å²) in [4.78, 5) is 14.4. The molecule has 0 aliphatic rings. The van der Waals surface area contributed by atoms with Crippen LogP contribution in [-0.2, 0) is 4.74 Å². The molecule has 1 heterocycles. The van der Waals surface area contributed by atoms with Crippen molar-refractivity contribution >= 4 is 11.6 Å². The first-order valence-corrected chi connectivity index (χ1v) is 4.96. The van der Waals surface area contributed by atoms with E-state index in [-0.39, 0.29) is 11.9 Å². The van der Waals surface area contributed by atoms with Crippen LogP contribution in [-0.4, -0.2) is 30.1 Å². The number of ether oxygens (including phenoxy) is 1. The van der Waals surface area contributed by atoms with Crippen LogP contribution in [0.15, 0.2) is 12.3 Å². The highest BCUT2D eigenvalue weighted by Crippen LogP contribution is 2.04. The van der Waals surface area contributed by atoms with Gasteiger partial charge in [0.05, 0.1) is 6.61 Å². The quantitative estimate of drug-likeness (QED) is 0.672. The van der Waals surface area contributed by atoms with Gasteiger partial charge in [0.15, 0.2) is 0 Å². The summed E-state index contributed by atoms with van der Waals surface area (Å²) in [6.45, 7) is 4.97. The third kappa shape index (κ3) is 3.63. The van der Waals surface area contributed by atoms with Crippen LogP contribution in [0.2, 0.25) is 0 Å². The SMILES string of the molecule is CCOCC(C)NC(=O)c1cc(N)c[nH]1. The molecule has 0 aliphatic heterocycles. The molecular formula is C10H17N3O2. The molecule has 1 rings (SSSR count). The third-order valence-corrected chi connectivity index (χ3v) is 1.90. The molecule has 1 amide bonds. The lowest BCUT2D eigenvalue weighted by atomic mass is 10.3. The minimum Gasteiger partial charge on any atom is -0.397 e. The second-order valence-electron chi connectivity index (χ2n) is 3.38. The lowest BCUT2D eigenvalue weighted by Crippen LogP contribution is -2.36. The maximum Gasteiger partial charge on any atom is 0.268 e. The second kappa shape index (κ2) is 5.41. The normalized spacial score (nSPS) is 12.4. The number of rotatable bonds is 5. The molecule has 5 nitrogen and oxygen atoms in total. The number of amides is 1. The highest BCUT2D eigenvalue weighted by molar-refractivity contribution is 5.93. The molecule has 0 bridgehead atoms.